The molecule has 1 saturated heterocycles. The quantitative estimate of drug-likeness (QED) is 0.741. The Morgan fingerprint density at radius 2 is 1.48 bits per heavy atom. The lowest BCUT2D eigenvalue weighted by atomic mass is 9.99. The van der Waals surface area contributed by atoms with Gasteiger partial charge < -0.3 is 0 Å². The molecule has 3 heteroatoms. The number of halogens is 1. The number of nitrogens with zero attached hydrogens (tertiary/aromatic N) is 2. The zero-order chi connectivity index (χ0) is 16.2. The average molecular weight is 310 g/mol. The van der Waals surface area contributed by atoms with Crippen LogP contribution in [-0.2, 0) is 0 Å². The number of hydrogen-bond donors (Lipinski definition) is 0. The van der Waals surface area contributed by atoms with Gasteiger partial charge in [-0.05, 0) is 57.4 Å². The van der Waals surface area contributed by atoms with Crippen LogP contribution < -0.4 is 0 Å². The van der Waals surface area contributed by atoms with Crippen molar-refractivity contribution in [3.8, 4) is 0 Å². The number of benzene rings is 2. The molecule has 2 atom stereocenters. The lowest BCUT2D eigenvalue weighted by molar-refractivity contribution is 0.109. The molecule has 120 valence electrons. The molecule has 0 N–H and O–H groups in total. The molecule has 0 aliphatic carbocycles. The molecule has 3 rings (SSSR count). The largest absolute Gasteiger partial charge is 0.291 e. The van der Waals surface area contributed by atoms with Crippen LogP contribution in [0.25, 0.3) is 0 Å². The predicted octanol–water partition coefficient (Wildman–Crippen LogP) is 4.84. The van der Waals surface area contributed by atoms with E-state index in [2.05, 4.69) is 31.0 Å². The first kappa shape index (κ1) is 15.7. The van der Waals surface area contributed by atoms with E-state index in [1.54, 1.807) is 12.1 Å². The van der Waals surface area contributed by atoms with E-state index >= 15 is 0 Å². The van der Waals surface area contributed by atoms with Crippen molar-refractivity contribution in [2.24, 2.45) is 5.10 Å². The summed E-state index contributed by atoms with van der Waals surface area (Å²) in [5.74, 6) is -0.221. The Bertz CT molecular complexity index is 654. The van der Waals surface area contributed by atoms with Crippen LogP contribution in [0.5, 0.6) is 0 Å². The molecule has 1 fully saturated rings. The molecule has 1 aliphatic heterocycles. The minimum atomic E-state index is -0.221. The fourth-order valence-electron chi connectivity index (χ4n) is 3.21. The first-order valence-electron chi connectivity index (χ1n) is 8.33. The molecular formula is C20H23FN2. The third-order valence-electron chi connectivity index (χ3n) is 4.53. The molecular weight excluding hydrogens is 287 g/mol. The highest BCUT2D eigenvalue weighted by molar-refractivity contribution is 6.12. The van der Waals surface area contributed by atoms with Gasteiger partial charge in [0, 0.05) is 23.2 Å². The highest BCUT2D eigenvalue weighted by Gasteiger charge is 2.24. The molecule has 2 nitrogen and oxygen atoms in total. The summed E-state index contributed by atoms with van der Waals surface area (Å²) in [6, 6.07) is 17.6. The van der Waals surface area contributed by atoms with Crippen LogP contribution >= 0.6 is 0 Å². The van der Waals surface area contributed by atoms with E-state index in [0.29, 0.717) is 12.1 Å². The monoisotopic (exact) mass is 310 g/mol. The molecule has 0 bridgehead atoms. The Balaban J connectivity index is 2.04. The molecule has 1 aliphatic rings. The maximum absolute atomic E-state index is 13.3. The summed E-state index contributed by atoms with van der Waals surface area (Å²) in [6.45, 7) is 4.46. The summed E-state index contributed by atoms with van der Waals surface area (Å²) in [7, 11) is 0. The summed E-state index contributed by atoms with van der Waals surface area (Å²) in [5.41, 5.74) is 2.91. The number of rotatable bonds is 3. The molecule has 0 radical (unpaired) electrons. The summed E-state index contributed by atoms with van der Waals surface area (Å²) in [6.07, 6.45) is 3.59. The summed E-state index contributed by atoms with van der Waals surface area (Å²) in [5, 5.41) is 7.21. The lowest BCUT2D eigenvalue weighted by Crippen LogP contribution is -2.40. The SMILES string of the molecule is CC1CCCC(C)N1N=C(c1ccccc1)c1ccc(F)cc1. The van der Waals surface area contributed by atoms with Crippen LogP contribution in [0.4, 0.5) is 4.39 Å². The Hall–Kier alpha value is -2.16. The van der Waals surface area contributed by atoms with Gasteiger partial charge in [0.05, 0.1) is 5.71 Å². The van der Waals surface area contributed by atoms with E-state index in [4.69, 9.17) is 5.10 Å². The second-order valence-electron chi connectivity index (χ2n) is 6.33. The highest BCUT2D eigenvalue weighted by atomic mass is 19.1. The van der Waals surface area contributed by atoms with Crippen LogP contribution in [-0.4, -0.2) is 22.8 Å². The third-order valence-corrected chi connectivity index (χ3v) is 4.53. The maximum atomic E-state index is 13.3. The highest BCUT2D eigenvalue weighted by Crippen LogP contribution is 2.24. The van der Waals surface area contributed by atoms with Crippen molar-refractivity contribution >= 4 is 5.71 Å². The Morgan fingerprint density at radius 1 is 0.913 bits per heavy atom. The van der Waals surface area contributed by atoms with Crippen molar-refractivity contribution in [2.45, 2.75) is 45.2 Å². The fraction of sp³-hybridized carbons (Fsp3) is 0.350. The van der Waals surface area contributed by atoms with Crippen molar-refractivity contribution in [1.82, 2.24) is 5.01 Å². The zero-order valence-electron chi connectivity index (χ0n) is 13.7. The second-order valence-corrected chi connectivity index (χ2v) is 6.33. The first-order valence-corrected chi connectivity index (χ1v) is 8.33. The molecule has 2 aromatic carbocycles. The van der Waals surface area contributed by atoms with Gasteiger partial charge in [0.15, 0.2) is 0 Å². The van der Waals surface area contributed by atoms with Crippen LogP contribution in [0.15, 0.2) is 59.7 Å². The van der Waals surface area contributed by atoms with Crippen LogP contribution in [0.1, 0.15) is 44.2 Å². The molecule has 0 amide bonds. The van der Waals surface area contributed by atoms with E-state index in [1.807, 2.05) is 18.2 Å². The van der Waals surface area contributed by atoms with Gasteiger partial charge in [-0.1, -0.05) is 30.3 Å². The molecule has 23 heavy (non-hydrogen) atoms. The van der Waals surface area contributed by atoms with Gasteiger partial charge in [-0.2, -0.15) is 5.10 Å². The summed E-state index contributed by atoms with van der Waals surface area (Å²) < 4.78 is 13.3. The van der Waals surface area contributed by atoms with Gasteiger partial charge in [-0.25, -0.2) is 4.39 Å². The average Bonchev–Trinajstić information content (AvgIpc) is 2.57. The number of hydrazone groups is 1. The second kappa shape index (κ2) is 6.95. The van der Waals surface area contributed by atoms with Crippen LogP contribution in [0.3, 0.4) is 0 Å². The molecule has 0 saturated carbocycles. The van der Waals surface area contributed by atoms with E-state index in [0.717, 1.165) is 16.8 Å². The van der Waals surface area contributed by atoms with Gasteiger partial charge in [0.2, 0.25) is 0 Å². The van der Waals surface area contributed by atoms with Crippen molar-refractivity contribution in [1.29, 1.82) is 0 Å². The van der Waals surface area contributed by atoms with Gasteiger partial charge >= 0.3 is 0 Å². The number of hydrogen-bond acceptors (Lipinski definition) is 2. The van der Waals surface area contributed by atoms with Gasteiger partial charge in [0.25, 0.3) is 0 Å². The van der Waals surface area contributed by atoms with E-state index < -0.39 is 0 Å². The molecule has 0 aromatic heterocycles. The van der Waals surface area contributed by atoms with Crippen molar-refractivity contribution in [3.63, 3.8) is 0 Å². The minimum Gasteiger partial charge on any atom is -0.291 e. The molecule has 0 spiro atoms. The van der Waals surface area contributed by atoms with Crippen molar-refractivity contribution in [3.05, 3.63) is 71.5 Å². The molecule has 2 unspecified atom stereocenters. The standard InChI is InChI=1S/C20H23FN2/c1-15-7-6-8-16(2)23(15)22-20(17-9-4-3-5-10-17)18-11-13-19(21)14-12-18/h3-5,9-16H,6-8H2,1-2H3. The maximum Gasteiger partial charge on any atom is 0.123 e. The Kier molecular flexibility index (Phi) is 4.75. The van der Waals surface area contributed by atoms with Gasteiger partial charge in [0.1, 0.15) is 5.82 Å². The van der Waals surface area contributed by atoms with Gasteiger partial charge in [-0.15, -0.1) is 0 Å². The van der Waals surface area contributed by atoms with Crippen LogP contribution in [0, 0.1) is 5.82 Å². The number of piperidine rings is 1. The topological polar surface area (TPSA) is 15.6 Å². The van der Waals surface area contributed by atoms with Crippen molar-refractivity contribution in [2.75, 3.05) is 0 Å². The van der Waals surface area contributed by atoms with Crippen LogP contribution in [0.2, 0.25) is 0 Å². The van der Waals surface area contributed by atoms with E-state index in [-0.39, 0.29) is 5.82 Å². The predicted molar refractivity (Wildman–Crippen MR) is 93.1 cm³/mol. The first-order chi connectivity index (χ1) is 11.1. The summed E-state index contributed by atoms with van der Waals surface area (Å²) >= 11 is 0. The molecule has 2 aromatic rings. The smallest absolute Gasteiger partial charge is 0.123 e. The third kappa shape index (κ3) is 3.61. The summed E-state index contributed by atoms with van der Waals surface area (Å²) in [4.78, 5) is 0. The Labute approximate surface area is 137 Å². The Morgan fingerprint density at radius 3 is 2.09 bits per heavy atom. The minimum absolute atomic E-state index is 0.221. The normalized spacial score (nSPS) is 22.2. The zero-order valence-corrected chi connectivity index (χ0v) is 13.7. The van der Waals surface area contributed by atoms with E-state index in [1.165, 1.54) is 31.4 Å². The molecule has 1 heterocycles. The van der Waals surface area contributed by atoms with Gasteiger partial charge in [-0.3, -0.25) is 5.01 Å². The van der Waals surface area contributed by atoms with E-state index in [9.17, 15) is 4.39 Å². The fourth-order valence-corrected chi connectivity index (χ4v) is 3.21. The van der Waals surface area contributed by atoms with Crippen molar-refractivity contribution < 1.29 is 4.39 Å². The lowest BCUT2D eigenvalue weighted by Gasteiger charge is -2.37.